The van der Waals surface area contributed by atoms with Crippen LogP contribution < -0.4 is 5.32 Å². The van der Waals surface area contributed by atoms with Crippen molar-refractivity contribution in [2.45, 2.75) is 67.4 Å². The minimum Gasteiger partial charge on any atom is -0.390 e. The zero-order chi connectivity index (χ0) is 30.7. The van der Waals surface area contributed by atoms with Crippen molar-refractivity contribution in [3.05, 3.63) is 96.3 Å². The van der Waals surface area contributed by atoms with Gasteiger partial charge >= 0.3 is 0 Å². The Morgan fingerprint density at radius 1 is 0.977 bits per heavy atom. The third kappa shape index (κ3) is 8.85. The first-order valence-electron chi connectivity index (χ1n) is 14.9. The highest BCUT2D eigenvalue weighted by molar-refractivity contribution is 7.89. The lowest BCUT2D eigenvalue weighted by atomic mass is 9.69. The smallest absolute Gasteiger partial charge is 0.243 e. The Hall–Kier alpha value is -2.85. The first-order valence-corrected chi connectivity index (χ1v) is 16.8. The van der Waals surface area contributed by atoms with E-state index in [1.54, 1.807) is 24.4 Å². The van der Waals surface area contributed by atoms with Gasteiger partial charge in [0.15, 0.2) is 0 Å². The molecule has 2 N–H and O–H groups in total. The van der Waals surface area contributed by atoms with Crippen molar-refractivity contribution >= 4 is 27.5 Å². The summed E-state index contributed by atoms with van der Waals surface area (Å²) in [4.78, 5) is 18.4. The van der Waals surface area contributed by atoms with E-state index in [1.807, 2.05) is 48.5 Å². The van der Waals surface area contributed by atoms with Gasteiger partial charge in [0.05, 0.1) is 23.7 Å². The minimum atomic E-state index is -4.09. The van der Waals surface area contributed by atoms with Crippen LogP contribution in [0.25, 0.3) is 0 Å². The van der Waals surface area contributed by atoms with Crippen LogP contribution in [0.3, 0.4) is 0 Å². The van der Waals surface area contributed by atoms with Gasteiger partial charge in [-0.3, -0.25) is 14.2 Å². The molecule has 43 heavy (non-hydrogen) atoms. The number of nitrogens with zero attached hydrogens (tertiary/aromatic N) is 2. The van der Waals surface area contributed by atoms with Gasteiger partial charge in [0.25, 0.3) is 0 Å². The largest absolute Gasteiger partial charge is 0.390 e. The Labute approximate surface area is 259 Å². The number of alkyl halides is 2. The van der Waals surface area contributed by atoms with E-state index in [9.17, 15) is 22.7 Å². The maximum atomic E-state index is 13.7. The molecule has 2 aromatic carbocycles. The minimum absolute atomic E-state index is 0.0348. The number of hydrogen-bond donors (Lipinski definition) is 2. The maximum Gasteiger partial charge on any atom is 0.243 e. The van der Waals surface area contributed by atoms with E-state index < -0.39 is 40.2 Å². The monoisotopic (exact) mass is 629 g/mol. The highest BCUT2D eigenvalue weighted by atomic mass is 35.5. The van der Waals surface area contributed by atoms with Gasteiger partial charge < -0.3 is 10.4 Å². The number of aliphatic hydroxyl groups is 1. The van der Waals surface area contributed by atoms with E-state index in [0.717, 1.165) is 47.7 Å². The van der Waals surface area contributed by atoms with Crippen LogP contribution in [0.5, 0.6) is 0 Å². The number of nitrogens with one attached hydrogen (secondary N) is 1. The first kappa shape index (κ1) is 33.1. The summed E-state index contributed by atoms with van der Waals surface area (Å²) in [7, 11) is -4.09. The summed E-state index contributed by atoms with van der Waals surface area (Å²) in [6, 6.07) is 22.2. The van der Waals surface area contributed by atoms with Crippen LogP contribution in [-0.4, -0.2) is 66.5 Å². The predicted molar refractivity (Wildman–Crippen MR) is 167 cm³/mol. The molecule has 3 atom stereocenters. The number of sulfonamides is 1. The average molecular weight is 630 g/mol. The van der Waals surface area contributed by atoms with Gasteiger partial charge in [-0.1, -0.05) is 73.9 Å². The number of aliphatic hydroxyl groups excluding tert-OH is 1. The second kappa shape index (κ2) is 15.7. The highest BCUT2D eigenvalue weighted by Gasteiger charge is 2.38. The van der Waals surface area contributed by atoms with Gasteiger partial charge in [0.2, 0.25) is 15.9 Å². The summed E-state index contributed by atoms with van der Waals surface area (Å²) in [5.41, 5.74) is 1.37. The van der Waals surface area contributed by atoms with Gasteiger partial charge in [0, 0.05) is 48.6 Å². The molecule has 4 rings (SSSR count). The standard InChI is InChI=1S/C33H41ClFN3O4S/c34-22-27(23-35)24-38(43(41,42)28-14-6-2-7-15-28)25-30(39)29(20-26-12-4-1-5-13-26)37-32(40)21-33(17-9-3-10-18-33)31-16-8-11-19-36-31/h1-2,4-8,11-16,19,27,29-30,39H,3,9-10,17-18,20-25H2,(H,37,40)/t27?,29-,30+/m0/s1. The van der Waals surface area contributed by atoms with E-state index in [4.69, 9.17) is 11.6 Å². The highest BCUT2D eigenvalue weighted by Crippen LogP contribution is 2.41. The lowest BCUT2D eigenvalue weighted by molar-refractivity contribution is -0.124. The van der Waals surface area contributed by atoms with E-state index >= 15 is 0 Å². The fourth-order valence-electron chi connectivity index (χ4n) is 5.92. The Kier molecular flexibility index (Phi) is 12.1. The topological polar surface area (TPSA) is 99.6 Å². The zero-order valence-electron chi connectivity index (χ0n) is 24.3. The van der Waals surface area contributed by atoms with Crippen molar-refractivity contribution in [1.82, 2.24) is 14.6 Å². The second-order valence-corrected chi connectivity index (χ2v) is 13.7. The van der Waals surface area contributed by atoms with Gasteiger partial charge in [-0.15, -0.1) is 11.6 Å². The molecule has 1 amide bonds. The summed E-state index contributed by atoms with van der Waals surface area (Å²) < 4.78 is 42.1. The Morgan fingerprint density at radius 3 is 2.23 bits per heavy atom. The molecule has 1 saturated carbocycles. The molecule has 1 aromatic heterocycles. The number of halogens is 2. The summed E-state index contributed by atoms with van der Waals surface area (Å²) >= 11 is 5.95. The van der Waals surface area contributed by atoms with E-state index in [-0.39, 0.29) is 42.6 Å². The van der Waals surface area contributed by atoms with Crippen molar-refractivity contribution in [1.29, 1.82) is 0 Å². The normalized spacial score (nSPS) is 17.2. The Morgan fingerprint density at radius 2 is 1.63 bits per heavy atom. The number of aromatic nitrogens is 1. The molecular weight excluding hydrogens is 589 g/mol. The van der Waals surface area contributed by atoms with Crippen LogP contribution in [0.2, 0.25) is 0 Å². The van der Waals surface area contributed by atoms with Gasteiger partial charge in [-0.2, -0.15) is 4.31 Å². The molecule has 232 valence electrons. The number of amides is 1. The Balaban J connectivity index is 1.59. The molecule has 0 saturated heterocycles. The third-order valence-electron chi connectivity index (χ3n) is 8.30. The van der Waals surface area contributed by atoms with Gasteiger partial charge in [0.1, 0.15) is 0 Å². The molecule has 1 heterocycles. The van der Waals surface area contributed by atoms with Crippen molar-refractivity contribution in [2.75, 3.05) is 25.6 Å². The molecule has 10 heteroatoms. The van der Waals surface area contributed by atoms with E-state index in [1.165, 1.54) is 12.1 Å². The molecule has 1 unspecified atom stereocenters. The van der Waals surface area contributed by atoms with Crippen LogP contribution >= 0.6 is 11.6 Å². The summed E-state index contributed by atoms with van der Waals surface area (Å²) in [6.45, 7) is -1.35. The van der Waals surface area contributed by atoms with Crippen LogP contribution in [-0.2, 0) is 26.7 Å². The molecule has 0 radical (unpaired) electrons. The molecule has 0 aliphatic heterocycles. The van der Waals surface area contributed by atoms with E-state index in [2.05, 4.69) is 10.3 Å². The number of carbonyl (C=O) groups excluding carboxylic acids is 1. The van der Waals surface area contributed by atoms with Gasteiger partial charge in [-0.25, -0.2) is 8.42 Å². The summed E-state index contributed by atoms with van der Waals surface area (Å²) in [5, 5.41) is 14.6. The van der Waals surface area contributed by atoms with Crippen molar-refractivity contribution in [3.63, 3.8) is 0 Å². The maximum absolute atomic E-state index is 13.7. The number of hydrogen-bond acceptors (Lipinski definition) is 5. The van der Waals surface area contributed by atoms with Crippen LogP contribution in [0.4, 0.5) is 4.39 Å². The molecule has 1 aliphatic rings. The lowest BCUT2D eigenvalue weighted by Crippen LogP contribution is -2.52. The van der Waals surface area contributed by atoms with Crippen LogP contribution in [0, 0.1) is 5.92 Å². The SMILES string of the molecule is O=C(CC1(c2ccccn2)CCCCC1)N[C@@H](Cc1ccccc1)[C@H](O)CN(CC(CF)CCl)S(=O)(=O)c1ccccc1. The number of rotatable bonds is 15. The fourth-order valence-corrected chi connectivity index (χ4v) is 7.66. The number of pyridine rings is 1. The van der Waals surface area contributed by atoms with Crippen molar-refractivity contribution in [3.8, 4) is 0 Å². The summed E-state index contributed by atoms with van der Waals surface area (Å²) in [5.74, 6) is -1.06. The quantitative estimate of drug-likeness (QED) is 0.223. The molecule has 0 spiro atoms. The molecule has 0 bridgehead atoms. The fraction of sp³-hybridized carbons (Fsp3) is 0.455. The summed E-state index contributed by atoms with van der Waals surface area (Å²) in [6.07, 6.45) is 5.76. The van der Waals surface area contributed by atoms with Crippen molar-refractivity contribution < 1.29 is 22.7 Å². The second-order valence-electron chi connectivity index (χ2n) is 11.5. The van der Waals surface area contributed by atoms with Gasteiger partial charge in [-0.05, 0) is 49.1 Å². The molecular formula is C33H41ClFN3O4S. The number of carbonyl (C=O) groups is 1. The molecule has 1 fully saturated rings. The van der Waals surface area contributed by atoms with Crippen molar-refractivity contribution in [2.24, 2.45) is 5.92 Å². The van der Waals surface area contributed by atoms with E-state index in [0.29, 0.717) is 0 Å². The lowest BCUT2D eigenvalue weighted by Gasteiger charge is -2.37. The number of benzene rings is 2. The van der Waals surface area contributed by atoms with Crippen LogP contribution in [0.1, 0.15) is 49.8 Å². The Bertz CT molecular complexity index is 1370. The third-order valence-corrected chi connectivity index (χ3v) is 10.6. The molecule has 1 aliphatic carbocycles. The van der Waals surface area contributed by atoms with Crippen LogP contribution in [0.15, 0.2) is 90.0 Å². The average Bonchev–Trinajstić information content (AvgIpc) is 3.04. The first-order chi connectivity index (χ1) is 20.8. The molecule has 3 aromatic rings. The molecule has 7 nitrogen and oxygen atoms in total. The zero-order valence-corrected chi connectivity index (χ0v) is 25.9. The predicted octanol–water partition coefficient (Wildman–Crippen LogP) is 5.28.